The minimum atomic E-state index is -0.256. The number of hydrogen-bond donors (Lipinski definition) is 0. The predicted octanol–water partition coefficient (Wildman–Crippen LogP) is 3.91. The first-order valence-corrected chi connectivity index (χ1v) is 9.62. The molecule has 0 amide bonds. The average Bonchev–Trinajstić information content (AvgIpc) is 3.22. The third kappa shape index (κ3) is 3.53. The van der Waals surface area contributed by atoms with Crippen molar-refractivity contribution in [3.05, 3.63) is 29.6 Å². The summed E-state index contributed by atoms with van der Waals surface area (Å²) in [5, 5.41) is 0. The Bertz CT molecular complexity index is 763. The number of carbonyl (C=O) groups is 1. The first-order valence-electron chi connectivity index (χ1n) is 9.08. The monoisotopic (exact) mass is 362 g/mol. The molecule has 134 valence electrons. The number of imidazole rings is 1. The van der Waals surface area contributed by atoms with Gasteiger partial charge in [0, 0.05) is 6.61 Å². The Labute approximate surface area is 152 Å². The second kappa shape index (κ2) is 7.34. The molecule has 0 N–H and O–H groups in total. The molecule has 0 unspecified atom stereocenters. The van der Waals surface area contributed by atoms with Crippen LogP contribution in [-0.2, 0) is 21.9 Å². The summed E-state index contributed by atoms with van der Waals surface area (Å²) in [5.74, 6) is 1.41. The Kier molecular flexibility index (Phi) is 4.95. The number of fused-ring (bicyclic) bond motifs is 1. The van der Waals surface area contributed by atoms with E-state index in [4.69, 9.17) is 21.1 Å². The van der Waals surface area contributed by atoms with E-state index in [9.17, 15) is 4.79 Å². The standard InChI is InChI=1S/C19H23ClN2O3/c20-10-18-21-16-6-5-14(19(23)25-12-13-3-1-2-4-13)9-17(16)22(18)11-15-7-8-24-15/h5-6,9,13,15H,1-4,7-8,10-12H2/t15-/m0/s1. The van der Waals surface area contributed by atoms with E-state index in [0.717, 1.165) is 36.4 Å². The predicted molar refractivity (Wildman–Crippen MR) is 95.9 cm³/mol. The molecule has 1 aliphatic heterocycles. The van der Waals surface area contributed by atoms with Crippen LogP contribution in [0, 0.1) is 5.92 Å². The lowest BCUT2D eigenvalue weighted by molar-refractivity contribution is -0.0589. The van der Waals surface area contributed by atoms with Crippen molar-refractivity contribution in [2.24, 2.45) is 5.92 Å². The number of nitrogens with zero attached hydrogens (tertiary/aromatic N) is 2. The topological polar surface area (TPSA) is 53.3 Å². The molecule has 0 radical (unpaired) electrons. The van der Waals surface area contributed by atoms with E-state index < -0.39 is 0 Å². The van der Waals surface area contributed by atoms with Gasteiger partial charge in [0.2, 0.25) is 0 Å². The van der Waals surface area contributed by atoms with Crippen LogP contribution in [0.1, 0.15) is 48.3 Å². The summed E-state index contributed by atoms with van der Waals surface area (Å²) in [7, 11) is 0. The highest BCUT2D eigenvalue weighted by molar-refractivity contribution is 6.16. The SMILES string of the molecule is O=C(OCC1CCCC1)c1ccc2nc(CCl)n(C[C@@H]3CCO3)c2c1. The molecule has 2 fully saturated rings. The summed E-state index contributed by atoms with van der Waals surface area (Å²) in [4.78, 5) is 17.0. The molecule has 2 aromatic rings. The van der Waals surface area contributed by atoms with Crippen molar-refractivity contribution in [3.63, 3.8) is 0 Å². The van der Waals surface area contributed by atoms with Crippen LogP contribution in [0.2, 0.25) is 0 Å². The van der Waals surface area contributed by atoms with E-state index in [2.05, 4.69) is 9.55 Å². The normalized spacial score (nSPS) is 20.8. The van der Waals surface area contributed by atoms with Crippen LogP contribution in [0.25, 0.3) is 11.0 Å². The van der Waals surface area contributed by atoms with Crippen molar-refractivity contribution >= 4 is 28.6 Å². The zero-order chi connectivity index (χ0) is 17.2. The van der Waals surface area contributed by atoms with E-state index in [-0.39, 0.29) is 12.1 Å². The van der Waals surface area contributed by atoms with E-state index in [1.807, 2.05) is 12.1 Å². The largest absolute Gasteiger partial charge is 0.462 e. The number of esters is 1. The van der Waals surface area contributed by atoms with Gasteiger partial charge in [-0.15, -0.1) is 11.6 Å². The first-order chi connectivity index (χ1) is 12.2. The van der Waals surface area contributed by atoms with Crippen molar-refractivity contribution in [1.29, 1.82) is 0 Å². The second-order valence-electron chi connectivity index (χ2n) is 7.01. The molecule has 1 aromatic carbocycles. The molecule has 6 heteroatoms. The quantitative estimate of drug-likeness (QED) is 0.577. The van der Waals surface area contributed by atoms with Crippen LogP contribution in [0.4, 0.5) is 0 Å². The summed E-state index contributed by atoms with van der Waals surface area (Å²) in [6.45, 7) is 2.06. The van der Waals surface area contributed by atoms with Crippen LogP contribution >= 0.6 is 11.6 Å². The molecule has 1 atom stereocenters. The fraction of sp³-hybridized carbons (Fsp3) is 0.579. The lowest BCUT2D eigenvalue weighted by Crippen LogP contribution is -2.31. The zero-order valence-corrected chi connectivity index (χ0v) is 15.0. The molecule has 25 heavy (non-hydrogen) atoms. The molecular formula is C19H23ClN2O3. The van der Waals surface area contributed by atoms with Crippen LogP contribution in [0.5, 0.6) is 0 Å². The van der Waals surface area contributed by atoms with Gasteiger partial charge >= 0.3 is 5.97 Å². The van der Waals surface area contributed by atoms with Crippen molar-refractivity contribution in [1.82, 2.24) is 9.55 Å². The van der Waals surface area contributed by atoms with Gasteiger partial charge in [-0.2, -0.15) is 0 Å². The molecule has 0 bridgehead atoms. The summed E-state index contributed by atoms with van der Waals surface area (Å²) in [5.41, 5.74) is 2.34. The second-order valence-corrected chi connectivity index (χ2v) is 7.27. The summed E-state index contributed by atoms with van der Waals surface area (Å²) >= 11 is 6.06. The summed E-state index contributed by atoms with van der Waals surface area (Å²) in [6, 6.07) is 5.53. The fourth-order valence-electron chi connectivity index (χ4n) is 3.69. The van der Waals surface area contributed by atoms with E-state index in [0.29, 0.717) is 24.0 Å². The summed E-state index contributed by atoms with van der Waals surface area (Å²) in [6.07, 6.45) is 6.08. The van der Waals surface area contributed by atoms with Crippen LogP contribution in [-0.4, -0.2) is 34.8 Å². The Morgan fingerprint density at radius 3 is 2.80 bits per heavy atom. The maximum atomic E-state index is 12.4. The molecule has 1 saturated carbocycles. The number of carbonyl (C=O) groups excluding carboxylic acids is 1. The highest BCUT2D eigenvalue weighted by Crippen LogP contribution is 2.26. The Balaban J connectivity index is 1.54. The minimum absolute atomic E-state index is 0.206. The van der Waals surface area contributed by atoms with Crippen molar-refractivity contribution in [2.45, 2.75) is 50.6 Å². The third-order valence-electron chi connectivity index (χ3n) is 5.29. The van der Waals surface area contributed by atoms with Crippen LogP contribution in [0.15, 0.2) is 18.2 Å². The molecule has 2 heterocycles. The Morgan fingerprint density at radius 2 is 2.12 bits per heavy atom. The highest BCUT2D eigenvalue weighted by atomic mass is 35.5. The molecule has 1 aromatic heterocycles. The number of benzene rings is 1. The smallest absolute Gasteiger partial charge is 0.338 e. The molecule has 1 saturated heterocycles. The van der Waals surface area contributed by atoms with Gasteiger partial charge in [0.05, 0.1) is 41.7 Å². The first kappa shape index (κ1) is 16.9. The van der Waals surface area contributed by atoms with E-state index in [1.165, 1.54) is 25.7 Å². The van der Waals surface area contributed by atoms with Gasteiger partial charge in [-0.3, -0.25) is 0 Å². The molecule has 4 rings (SSSR count). The average molecular weight is 363 g/mol. The number of rotatable bonds is 6. The van der Waals surface area contributed by atoms with Gasteiger partial charge in [-0.05, 0) is 43.4 Å². The number of ether oxygens (including phenoxy) is 2. The zero-order valence-electron chi connectivity index (χ0n) is 14.2. The van der Waals surface area contributed by atoms with E-state index in [1.54, 1.807) is 6.07 Å². The van der Waals surface area contributed by atoms with E-state index >= 15 is 0 Å². The number of halogens is 1. The molecule has 5 nitrogen and oxygen atoms in total. The van der Waals surface area contributed by atoms with Gasteiger partial charge in [0.25, 0.3) is 0 Å². The maximum absolute atomic E-state index is 12.4. The molecular weight excluding hydrogens is 340 g/mol. The van der Waals surface area contributed by atoms with Gasteiger partial charge in [0.1, 0.15) is 5.82 Å². The fourth-order valence-corrected chi connectivity index (χ4v) is 3.90. The van der Waals surface area contributed by atoms with Crippen molar-refractivity contribution < 1.29 is 14.3 Å². The van der Waals surface area contributed by atoms with Crippen LogP contribution in [0.3, 0.4) is 0 Å². The lowest BCUT2D eigenvalue weighted by Gasteiger charge is -2.27. The third-order valence-corrected chi connectivity index (χ3v) is 5.53. The molecule has 0 spiro atoms. The maximum Gasteiger partial charge on any atom is 0.338 e. The van der Waals surface area contributed by atoms with Gasteiger partial charge in [-0.1, -0.05) is 12.8 Å². The number of hydrogen-bond acceptors (Lipinski definition) is 4. The highest BCUT2D eigenvalue weighted by Gasteiger charge is 2.22. The number of alkyl halides is 1. The number of aromatic nitrogens is 2. The van der Waals surface area contributed by atoms with Gasteiger partial charge < -0.3 is 14.0 Å². The van der Waals surface area contributed by atoms with Crippen LogP contribution < -0.4 is 0 Å². The van der Waals surface area contributed by atoms with Gasteiger partial charge in [0.15, 0.2) is 0 Å². The Morgan fingerprint density at radius 1 is 1.32 bits per heavy atom. The van der Waals surface area contributed by atoms with Crippen molar-refractivity contribution in [3.8, 4) is 0 Å². The van der Waals surface area contributed by atoms with Gasteiger partial charge in [-0.25, -0.2) is 9.78 Å². The molecule has 1 aliphatic carbocycles. The molecule has 2 aliphatic rings. The van der Waals surface area contributed by atoms with Crippen molar-refractivity contribution in [2.75, 3.05) is 13.2 Å². The minimum Gasteiger partial charge on any atom is -0.462 e. The summed E-state index contributed by atoms with van der Waals surface area (Å²) < 4.78 is 13.1. The lowest BCUT2D eigenvalue weighted by atomic mass is 10.1. The Hall–Kier alpha value is -1.59.